The molecule has 3 nitrogen and oxygen atoms in total. The minimum absolute atomic E-state index is 0.246. The third-order valence-corrected chi connectivity index (χ3v) is 6.83. The molecule has 0 spiro atoms. The standard InChI is InChI=1S/C17H14BrNO2S/c1-11-2-8-14(9-3-11)22(20,21)17-15(10-19)16(17)12-4-6-13(18)7-5-12/h2-9,15-17H,1H3. The fourth-order valence-electron chi connectivity index (χ4n) is 2.79. The quantitative estimate of drug-likeness (QED) is 0.818. The number of aryl methyl sites for hydroxylation is 1. The Hall–Kier alpha value is -1.64. The Morgan fingerprint density at radius 2 is 1.64 bits per heavy atom. The third kappa shape index (κ3) is 2.57. The van der Waals surface area contributed by atoms with E-state index in [0.29, 0.717) is 4.90 Å². The summed E-state index contributed by atoms with van der Waals surface area (Å²) in [6, 6.07) is 16.5. The van der Waals surface area contributed by atoms with Crippen LogP contribution in [0.3, 0.4) is 0 Å². The summed E-state index contributed by atoms with van der Waals surface area (Å²) < 4.78 is 26.5. The molecule has 2 aromatic carbocycles. The first-order valence-corrected chi connectivity index (χ1v) is 9.25. The molecule has 0 N–H and O–H groups in total. The van der Waals surface area contributed by atoms with Gasteiger partial charge < -0.3 is 0 Å². The summed E-state index contributed by atoms with van der Waals surface area (Å²) in [4.78, 5) is 0.294. The van der Waals surface area contributed by atoms with Crippen LogP contribution in [0, 0.1) is 24.2 Å². The van der Waals surface area contributed by atoms with Crippen LogP contribution in [0.2, 0.25) is 0 Å². The van der Waals surface area contributed by atoms with E-state index in [2.05, 4.69) is 22.0 Å². The third-order valence-electron chi connectivity index (χ3n) is 4.07. The molecule has 5 heteroatoms. The van der Waals surface area contributed by atoms with Crippen molar-refractivity contribution in [2.24, 2.45) is 5.92 Å². The second-order valence-electron chi connectivity index (χ2n) is 5.55. The molecule has 2 aromatic rings. The summed E-state index contributed by atoms with van der Waals surface area (Å²) in [6.45, 7) is 1.91. The number of nitriles is 1. The van der Waals surface area contributed by atoms with Crippen LogP contribution in [0.1, 0.15) is 17.0 Å². The molecule has 0 heterocycles. The lowest BCUT2D eigenvalue weighted by molar-refractivity contribution is 0.593. The van der Waals surface area contributed by atoms with Gasteiger partial charge in [0, 0.05) is 10.4 Å². The monoisotopic (exact) mass is 375 g/mol. The topological polar surface area (TPSA) is 57.9 Å². The molecule has 0 radical (unpaired) electrons. The predicted octanol–water partition coefficient (Wildman–Crippen LogP) is 3.84. The van der Waals surface area contributed by atoms with E-state index >= 15 is 0 Å². The zero-order valence-electron chi connectivity index (χ0n) is 11.9. The van der Waals surface area contributed by atoms with Gasteiger partial charge in [-0.2, -0.15) is 5.26 Å². The largest absolute Gasteiger partial charge is 0.223 e. The van der Waals surface area contributed by atoms with Gasteiger partial charge in [0.2, 0.25) is 0 Å². The Balaban J connectivity index is 1.95. The van der Waals surface area contributed by atoms with E-state index in [1.807, 2.05) is 31.2 Å². The number of halogens is 1. The van der Waals surface area contributed by atoms with Gasteiger partial charge in [-0.25, -0.2) is 8.42 Å². The van der Waals surface area contributed by atoms with Gasteiger partial charge in [-0.1, -0.05) is 45.8 Å². The lowest BCUT2D eigenvalue weighted by Crippen LogP contribution is -2.10. The van der Waals surface area contributed by atoms with Crippen molar-refractivity contribution in [1.29, 1.82) is 5.26 Å². The van der Waals surface area contributed by atoms with E-state index in [1.165, 1.54) is 0 Å². The Labute approximate surface area is 138 Å². The second-order valence-corrected chi connectivity index (χ2v) is 8.58. The second kappa shape index (κ2) is 5.53. The average molecular weight is 376 g/mol. The van der Waals surface area contributed by atoms with Crippen molar-refractivity contribution < 1.29 is 8.42 Å². The van der Waals surface area contributed by atoms with E-state index in [-0.39, 0.29) is 5.92 Å². The molecule has 0 bridgehead atoms. The SMILES string of the molecule is Cc1ccc(S(=O)(=O)C2C(C#N)C2c2ccc(Br)cc2)cc1. The molecule has 0 amide bonds. The first-order chi connectivity index (χ1) is 10.4. The van der Waals surface area contributed by atoms with Crippen LogP contribution in [-0.4, -0.2) is 13.7 Å². The summed E-state index contributed by atoms with van der Waals surface area (Å²) in [5.41, 5.74) is 1.91. The molecule has 0 aromatic heterocycles. The van der Waals surface area contributed by atoms with Crippen LogP contribution in [-0.2, 0) is 9.84 Å². The average Bonchev–Trinajstić information content (AvgIpc) is 3.24. The zero-order valence-corrected chi connectivity index (χ0v) is 14.3. The van der Waals surface area contributed by atoms with E-state index < -0.39 is 21.0 Å². The Morgan fingerprint density at radius 3 is 2.18 bits per heavy atom. The number of rotatable bonds is 3. The highest BCUT2D eigenvalue weighted by Crippen LogP contribution is 2.53. The normalized spacial score (nSPS) is 23.8. The van der Waals surface area contributed by atoms with Crippen molar-refractivity contribution >= 4 is 25.8 Å². The van der Waals surface area contributed by atoms with Crippen molar-refractivity contribution in [2.75, 3.05) is 0 Å². The van der Waals surface area contributed by atoms with E-state index in [1.54, 1.807) is 24.3 Å². The van der Waals surface area contributed by atoms with Crippen LogP contribution in [0.5, 0.6) is 0 Å². The van der Waals surface area contributed by atoms with Gasteiger partial charge in [0.05, 0.1) is 22.1 Å². The maximum atomic E-state index is 12.8. The van der Waals surface area contributed by atoms with E-state index in [0.717, 1.165) is 15.6 Å². The number of nitrogens with zero attached hydrogens (tertiary/aromatic N) is 1. The van der Waals surface area contributed by atoms with Crippen LogP contribution in [0.15, 0.2) is 57.9 Å². The smallest absolute Gasteiger partial charge is 0.183 e. The molecular formula is C17H14BrNO2S. The van der Waals surface area contributed by atoms with Crippen molar-refractivity contribution in [3.8, 4) is 6.07 Å². The predicted molar refractivity (Wildman–Crippen MR) is 88.1 cm³/mol. The Kier molecular flexibility index (Phi) is 3.84. The summed E-state index contributed by atoms with van der Waals surface area (Å²) in [5.74, 6) is -0.725. The number of benzene rings is 2. The molecule has 1 aliphatic carbocycles. The van der Waals surface area contributed by atoms with Gasteiger partial charge in [-0.05, 0) is 36.8 Å². The lowest BCUT2D eigenvalue weighted by atomic mass is 10.1. The van der Waals surface area contributed by atoms with Gasteiger partial charge in [0.25, 0.3) is 0 Å². The first-order valence-electron chi connectivity index (χ1n) is 6.91. The zero-order chi connectivity index (χ0) is 15.9. The van der Waals surface area contributed by atoms with Crippen LogP contribution in [0.4, 0.5) is 0 Å². The highest BCUT2D eigenvalue weighted by Gasteiger charge is 2.59. The van der Waals surface area contributed by atoms with Gasteiger partial charge in [0.1, 0.15) is 0 Å². The lowest BCUT2D eigenvalue weighted by Gasteiger charge is -2.04. The summed E-state index contributed by atoms with van der Waals surface area (Å²) in [5, 5.41) is 8.64. The molecule has 1 fully saturated rings. The number of hydrogen-bond acceptors (Lipinski definition) is 3. The minimum atomic E-state index is -3.49. The van der Waals surface area contributed by atoms with Crippen molar-refractivity contribution in [3.63, 3.8) is 0 Å². The maximum Gasteiger partial charge on any atom is 0.183 e. The van der Waals surface area contributed by atoms with Gasteiger partial charge in [-0.15, -0.1) is 0 Å². The summed E-state index contributed by atoms with van der Waals surface area (Å²) in [6.07, 6.45) is 0. The van der Waals surface area contributed by atoms with Gasteiger partial charge in [0.15, 0.2) is 9.84 Å². The first kappa shape index (κ1) is 15.3. The van der Waals surface area contributed by atoms with Gasteiger partial charge in [-0.3, -0.25) is 0 Å². The van der Waals surface area contributed by atoms with E-state index in [4.69, 9.17) is 0 Å². The van der Waals surface area contributed by atoms with Crippen molar-refractivity contribution in [2.45, 2.75) is 23.0 Å². The van der Waals surface area contributed by atoms with E-state index in [9.17, 15) is 13.7 Å². The fourth-order valence-corrected chi connectivity index (χ4v) is 5.12. The molecule has 22 heavy (non-hydrogen) atoms. The maximum absolute atomic E-state index is 12.8. The molecular weight excluding hydrogens is 362 g/mol. The summed E-state index contributed by atoms with van der Waals surface area (Å²) in [7, 11) is -3.49. The molecule has 112 valence electrons. The van der Waals surface area contributed by atoms with Gasteiger partial charge >= 0.3 is 0 Å². The molecule has 3 rings (SSSR count). The summed E-state index contributed by atoms with van der Waals surface area (Å²) >= 11 is 3.36. The van der Waals surface area contributed by atoms with Crippen LogP contribution in [0.25, 0.3) is 0 Å². The fraction of sp³-hybridized carbons (Fsp3) is 0.235. The number of sulfone groups is 1. The van der Waals surface area contributed by atoms with Crippen molar-refractivity contribution in [1.82, 2.24) is 0 Å². The van der Waals surface area contributed by atoms with Crippen molar-refractivity contribution in [3.05, 3.63) is 64.1 Å². The molecule has 0 aliphatic heterocycles. The Morgan fingerprint density at radius 1 is 1.05 bits per heavy atom. The molecule has 1 saturated carbocycles. The minimum Gasteiger partial charge on any atom is -0.223 e. The number of hydrogen-bond donors (Lipinski definition) is 0. The molecule has 3 atom stereocenters. The van der Waals surface area contributed by atoms with Crippen LogP contribution >= 0.6 is 15.9 Å². The molecule has 0 saturated heterocycles. The Bertz CT molecular complexity index is 836. The van der Waals surface area contributed by atoms with Crippen LogP contribution < -0.4 is 0 Å². The highest BCUT2D eigenvalue weighted by molar-refractivity contribution is 9.10. The highest BCUT2D eigenvalue weighted by atomic mass is 79.9. The molecule has 1 aliphatic rings. The molecule has 3 unspecified atom stereocenters.